The van der Waals surface area contributed by atoms with E-state index in [1.165, 1.54) is 6.33 Å². The molecule has 8 heteroatoms. The van der Waals surface area contributed by atoms with Gasteiger partial charge in [-0.2, -0.15) is 0 Å². The van der Waals surface area contributed by atoms with Gasteiger partial charge in [0.25, 0.3) is 0 Å². The SMILES string of the molecule is CCC1(F)CC(C)(CO)OC12CC2N1NNc2c(C)ncnc21. The average Bonchev–Trinajstić information content (AvgIpc) is 2.98. The molecule has 4 rings (SSSR count). The number of hydrazine groups is 2. The zero-order valence-corrected chi connectivity index (χ0v) is 13.6. The van der Waals surface area contributed by atoms with E-state index in [0.717, 1.165) is 11.4 Å². The van der Waals surface area contributed by atoms with Crippen molar-refractivity contribution in [1.82, 2.24) is 15.5 Å². The highest BCUT2D eigenvalue weighted by atomic mass is 19.1. The second-order valence-electron chi connectivity index (χ2n) is 7.08. The number of aryl methyl sites for hydroxylation is 1. The molecule has 126 valence electrons. The lowest BCUT2D eigenvalue weighted by molar-refractivity contribution is -0.0909. The molecule has 0 amide bonds. The van der Waals surface area contributed by atoms with Crippen LogP contribution in [0.15, 0.2) is 6.33 Å². The summed E-state index contributed by atoms with van der Waals surface area (Å²) in [6, 6.07) is -0.177. The number of alkyl halides is 1. The largest absolute Gasteiger partial charge is 0.393 e. The third-order valence-electron chi connectivity index (χ3n) is 5.47. The molecule has 1 aromatic heterocycles. The van der Waals surface area contributed by atoms with Crippen LogP contribution in [0.25, 0.3) is 0 Å². The molecular weight excluding hydrogens is 301 g/mol. The Morgan fingerprint density at radius 1 is 1.52 bits per heavy atom. The Morgan fingerprint density at radius 2 is 2.30 bits per heavy atom. The molecule has 3 N–H and O–H groups in total. The van der Waals surface area contributed by atoms with Gasteiger partial charge < -0.3 is 9.84 Å². The van der Waals surface area contributed by atoms with Crippen LogP contribution < -0.4 is 16.0 Å². The van der Waals surface area contributed by atoms with Gasteiger partial charge in [0.05, 0.1) is 23.9 Å². The summed E-state index contributed by atoms with van der Waals surface area (Å²) in [7, 11) is 0. The Labute approximate surface area is 134 Å². The number of fused-ring (bicyclic) bond motifs is 1. The first-order chi connectivity index (χ1) is 10.9. The number of hydrogen-bond acceptors (Lipinski definition) is 7. The van der Waals surface area contributed by atoms with Gasteiger partial charge in [-0.1, -0.05) is 6.92 Å². The van der Waals surface area contributed by atoms with E-state index in [1.807, 2.05) is 18.9 Å². The smallest absolute Gasteiger partial charge is 0.173 e. The van der Waals surface area contributed by atoms with E-state index in [0.29, 0.717) is 18.7 Å². The van der Waals surface area contributed by atoms with Crippen molar-refractivity contribution in [2.45, 2.75) is 62.9 Å². The van der Waals surface area contributed by atoms with Crippen LogP contribution in [0.4, 0.5) is 15.9 Å². The molecule has 1 aromatic rings. The fourth-order valence-corrected chi connectivity index (χ4v) is 4.13. The van der Waals surface area contributed by atoms with Gasteiger partial charge in [0.15, 0.2) is 5.82 Å². The van der Waals surface area contributed by atoms with E-state index < -0.39 is 16.9 Å². The average molecular weight is 323 g/mol. The number of nitrogens with one attached hydrogen (secondary N) is 2. The van der Waals surface area contributed by atoms with Gasteiger partial charge in [-0.25, -0.2) is 14.4 Å². The zero-order valence-electron chi connectivity index (χ0n) is 13.6. The molecule has 1 saturated carbocycles. The Bertz CT molecular complexity index is 661. The molecule has 0 radical (unpaired) electrons. The maximum Gasteiger partial charge on any atom is 0.173 e. The Balaban J connectivity index is 1.67. The van der Waals surface area contributed by atoms with Crippen LogP contribution in [0.3, 0.4) is 0 Å². The first-order valence-corrected chi connectivity index (χ1v) is 8.00. The summed E-state index contributed by atoms with van der Waals surface area (Å²) in [4.78, 5) is 8.47. The summed E-state index contributed by atoms with van der Waals surface area (Å²) < 4.78 is 21.7. The Morgan fingerprint density at radius 3 is 3.00 bits per heavy atom. The summed E-state index contributed by atoms with van der Waals surface area (Å²) in [6.07, 6.45) is 2.63. The topological polar surface area (TPSA) is 82.5 Å². The third kappa shape index (κ3) is 1.85. The van der Waals surface area contributed by atoms with E-state index in [-0.39, 0.29) is 19.1 Å². The van der Waals surface area contributed by atoms with Crippen molar-refractivity contribution in [3.8, 4) is 0 Å². The van der Waals surface area contributed by atoms with Crippen molar-refractivity contribution in [2.24, 2.45) is 0 Å². The minimum Gasteiger partial charge on any atom is -0.393 e. The van der Waals surface area contributed by atoms with E-state index >= 15 is 4.39 Å². The fraction of sp³-hybridized carbons (Fsp3) is 0.733. The molecular formula is C15H22FN5O2. The van der Waals surface area contributed by atoms with Gasteiger partial charge in [0, 0.05) is 12.8 Å². The lowest BCUT2D eigenvalue weighted by atomic mass is 9.86. The van der Waals surface area contributed by atoms with Crippen LogP contribution in [0.2, 0.25) is 0 Å². The zero-order chi connectivity index (χ0) is 16.5. The van der Waals surface area contributed by atoms with Gasteiger partial charge in [-0.3, -0.25) is 10.4 Å². The fourth-order valence-electron chi connectivity index (χ4n) is 4.13. The van der Waals surface area contributed by atoms with Crippen LogP contribution in [-0.4, -0.2) is 44.6 Å². The van der Waals surface area contributed by atoms with Gasteiger partial charge in [0.2, 0.25) is 0 Å². The normalized spacial score (nSPS) is 41.3. The second-order valence-corrected chi connectivity index (χ2v) is 7.08. The van der Waals surface area contributed by atoms with Crippen LogP contribution in [0.1, 0.15) is 38.8 Å². The van der Waals surface area contributed by atoms with Crippen LogP contribution in [0, 0.1) is 6.92 Å². The molecule has 0 aromatic carbocycles. The molecule has 7 nitrogen and oxygen atoms in total. The van der Waals surface area contributed by atoms with Crippen LogP contribution in [-0.2, 0) is 4.74 Å². The number of aliphatic hydroxyl groups excluding tert-OH is 1. The minimum absolute atomic E-state index is 0.177. The summed E-state index contributed by atoms with van der Waals surface area (Å²) in [5.74, 6) is 0.707. The standard InChI is InChI=1S/C15H22FN5O2/c1-4-14(16)6-13(3,7-22)23-15(14)5-10(15)21-12-11(19-20-21)9(2)17-8-18-12/h8,10,19-20,22H,4-7H2,1-3H3. The number of aliphatic hydroxyl groups is 1. The van der Waals surface area contributed by atoms with Gasteiger partial charge in [-0.15, -0.1) is 5.53 Å². The molecule has 3 heterocycles. The highest BCUT2D eigenvalue weighted by Gasteiger charge is 2.77. The van der Waals surface area contributed by atoms with Crippen molar-refractivity contribution >= 4 is 11.5 Å². The first-order valence-electron chi connectivity index (χ1n) is 8.00. The van der Waals surface area contributed by atoms with Gasteiger partial charge in [0.1, 0.15) is 23.3 Å². The lowest BCUT2D eigenvalue weighted by Gasteiger charge is -2.28. The molecule has 23 heavy (non-hydrogen) atoms. The molecule has 4 unspecified atom stereocenters. The van der Waals surface area contributed by atoms with Gasteiger partial charge >= 0.3 is 0 Å². The van der Waals surface area contributed by atoms with E-state index in [9.17, 15) is 5.11 Å². The highest BCUT2D eigenvalue weighted by Crippen LogP contribution is 2.64. The number of anilines is 2. The van der Waals surface area contributed by atoms with E-state index in [4.69, 9.17) is 4.74 Å². The van der Waals surface area contributed by atoms with Crippen molar-refractivity contribution in [3.05, 3.63) is 12.0 Å². The van der Waals surface area contributed by atoms with Gasteiger partial charge in [-0.05, 0) is 20.3 Å². The molecule has 2 fully saturated rings. The molecule has 1 spiro atoms. The highest BCUT2D eigenvalue weighted by molar-refractivity contribution is 5.72. The summed E-state index contributed by atoms with van der Waals surface area (Å²) in [5.41, 5.74) is 4.54. The Hall–Kier alpha value is -1.51. The molecule has 2 aliphatic heterocycles. The van der Waals surface area contributed by atoms with E-state index in [2.05, 4.69) is 20.9 Å². The number of ether oxygens (including phenoxy) is 1. The van der Waals surface area contributed by atoms with Crippen LogP contribution in [0.5, 0.6) is 0 Å². The maximum absolute atomic E-state index is 15.6. The molecule has 3 aliphatic rings. The monoisotopic (exact) mass is 323 g/mol. The van der Waals surface area contributed by atoms with Crippen molar-refractivity contribution < 1.29 is 14.2 Å². The molecule has 0 bridgehead atoms. The number of halogens is 1. The molecule has 1 saturated heterocycles. The predicted octanol–water partition coefficient (Wildman–Crippen LogP) is 1.24. The Kier molecular flexibility index (Phi) is 2.96. The van der Waals surface area contributed by atoms with Crippen molar-refractivity contribution in [3.63, 3.8) is 0 Å². The quantitative estimate of drug-likeness (QED) is 0.772. The summed E-state index contributed by atoms with van der Waals surface area (Å²) in [6.45, 7) is 5.31. The first kappa shape index (κ1) is 15.0. The van der Waals surface area contributed by atoms with Crippen molar-refractivity contribution in [2.75, 3.05) is 17.0 Å². The molecule has 1 aliphatic carbocycles. The second kappa shape index (κ2) is 4.52. The minimum atomic E-state index is -1.46. The van der Waals surface area contributed by atoms with Crippen molar-refractivity contribution in [1.29, 1.82) is 0 Å². The number of aromatic nitrogens is 2. The predicted molar refractivity (Wildman–Crippen MR) is 82.5 cm³/mol. The molecule has 4 atom stereocenters. The number of rotatable bonds is 3. The number of hydrogen-bond donors (Lipinski definition) is 3. The van der Waals surface area contributed by atoms with E-state index in [1.54, 1.807) is 6.92 Å². The van der Waals surface area contributed by atoms with Crippen LogP contribution >= 0.6 is 0 Å². The lowest BCUT2D eigenvalue weighted by Crippen LogP contribution is -2.47. The third-order valence-corrected chi connectivity index (χ3v) is 5.47. The maximum atomic E-state index is 15.6. The summed E-state index contributed by atoms with van der Waals surface area (Å²) in [5, 5.41) is 11.4. The number of nitrogens with zero attached hydrogens (tertiary/aromatic N) is 3. The summed E-state index contributed by atoms with van der Waals surface area (Å²) >= 11 is 0.